The van der Waals surface area contributed by atoms with Gasteiger partial charge in [-0.15, -0.1) is 0 Å². The Kier molecular flexibility index (Phi) is 3.34. The molecular formula is C13H15ClF3NO. The van der Waals surface area contributed by atoms with Crippen molar-refractivity contribution in [2.75, 3.05) is 0 Å². The van der Waals surface area contributed by atoms with Crippen LogP contribution in [0.5, 0.6) is 0 Å². The van der Waals surface area contributed by atoms with Gasteiger partial charge in [0.2, 0.25) is 0 Å². The average molecular weight is 294 g/mol. The summed E-state index contributed by atoms with van der Waals surface area (Å²) in [5.74, 6) is 0. The smallest absolute Gasteiger partial charge is 0.385 e. The van der Waals surface area contributed by atoms with Crippen molar-refractivity contribution in [1.82, 2.24) is 4.98 Å². The van der Waals surface area contributed by atoms with Crippen molar-refractivity contribution in [2.24, 2.45) is 5.41 Å². The topological polar surface area (TPSA) is 33.1 Å². The van der Waals surface area contributed by atoms with Crippen LogP contribution in [0.2, 0.25) is 5.15 Å². The Morgan fingerprint density at radius 1 is 1.26 bits per heavy atom. The second kappa shape index (κ2) is 4.35. The molecule has 0 bridgehead atoms. The van der Waals surface area contributed by atoms with Gasteiger partial charge in [0.1, 0.15) is 10.8 Å². The molecule has 6 heteroatoms. The first kappa shape index (κ1) is 14.6. The molecular weight excluding hydrogens is 279 g/mol. The van der Waals surface area contributed by atoms with Crippen LogP contribution in [0.25, 0.3) is 0 Å². The van der Waals surface area contributed by atoms with Crippen molar-refractivity contribution in [3.8, 4) is 0 Å². The molecule has 1 N–H and O–H groups in total. The van der Waals surface area contributed by atoms with Crippen LogP contribution in [-0.2, 0) is 11.8 Å². The van der Waals surface area contributed by atoms with Crippen LogP contribution in [0, 0.1) is 5.41 Å². The van der Waals surface area contributed by atoms with Crippen LogP contribution in [-0.4, -0.2) is 10.1 Å². The number of hydrogen-bond acceptors (Lipinski definition) is 2. The lowest BCUT2D eigenvalue weighted by molar-refractivity contribution is -0.141. The Hall–Kier alpha value is -0.810. The second-order valence-electron chi connectivity index (χ2n) is 5.91. The number of hydrogen-bond donors (Lipinski definition) is 1. The lowest BCUT2D eigenvalue weighted by atomic mass is 9.86. The Bertz CT molecular complexity index is 501. The number of aliphatic hydroxyl groups is 1. The quantitative estimate of drug-likeness (QED) is 0.789. The number of aromatic nitrogens is 1. The Balaban J connectivity index is 2.37. The van der Waals surface area contributed by atoms with Crippen LogP contribution in [0.4, 0.5) is 13.2 Å². The van der Waals surface area contributed by atoms with Crippen LogP contribution < -0.4 is 0 Å². The molecule has 0 aliphatic heterocycles. The molecule has 1 aliphatic rings. The van der Waals surface area contributed by atoms with Crippen LogP contribution in [0.3, 0.4) is 0 Å². The van der Waals surface area contributed by atoms with E-state index >= 15 is 0 Å². The van der Waals surface area contributed by atoms with E-state index in [1.165, 1.54) is 6.07 Å². The van der Waals surface area contributed by atoms with Crippen molar-refractivity contribution >= 4 is 11.6 Å². The van der Waals surface area contributed by atoms with Gasteiger partial charge in [0.15, 0.2) is 0 Å². The summed E-state index contributed by atoms with van der Waals surface area (Å²) >= 11 is 5.83. The van der Waals surface area contributed by atoms with E-state index in [9.17, 15) is 18.3 Å². The fourth-order valence-electron chi connectivity index (χ4n) is 2.68. The molecule has 1 aliphatic carbocycles. The van der Waals surface area contributed by atoms with E-state index in [0.29, 0.717) is 12.8 Å². The molecule has 2 rings (SSSR count). The van der Waals surface area contributed by atoms with Crippen LogP contribution in [0.15, 0.2) is 12.1 Å². The van der Waals surface area contributed by atoms with Gasteiger partial charge < -0.3 is 5.11 Å². The molecule has 0 saturated heterocycles. The van der Waals surface area contributed by atoms with Gasteiger partial charge in [0, 0.05) is 5.56 Å². The zero-order valence-corrected chi connectivity index (χ0v) is 11.4. The summed E-state index contributed by atoms with van der Waals surface area (Å²) in [6, 6.07) is 2.10. The van der Waals surface area contributed by atoms with Gasteiger partial charge in [-0.2, -0.15) is 13.2 Å². The summed E-state index contributed by atoms with van der Waals surface area (Å²) in [6.45, 7) is 4.02. The molecule has 1 heterocycles. The first-order chi connectivity index (χ1) is 8.54. The minimum Gasteiger partial charge on any atom is -0.385 e. The van der Waals surface area contributed by atoms with E-state index in [0.717, 1.165) is 12.5 Å². The number of nitrogens with zero attached hydrogens (tertiary/aromatic N) is 1. The molecule has 2 nitrogen and oxygen atoms in total. The predicted octanol–water partition coefficient (Wildman–Crippen LogP) is 4.15. The molecule has 19 heavy (non-hydrogen) atoms. The number of halogens is 4. The standard InChI is InChI=1S/C13H15ClF3NO/c1-11(2)5-6-12(19,7-11)8-3-4-9(13(15,16)17)18-10(8)14/h3-4,19H,5-7H2,1-2H3. The maximum atomic E-state index is 12.5. The van der Waals surface area contributed by atoms with Crippen molar-refractivity contribution < 1.29 is 18.3 Å². The van der Waals surface area contributed by atoms with Gasteiger partial charge in [-0.05, 0) is 30.7 Å². The third-order valence-corrected chi connectivity index (χ3v) is 3.91. The van der Waals surface area contributed by atoms with Crippen molar-refractivity contribution in [3.05, 3.63) is 28.5 Å². The van der Waals surface area contributed by atoms with E-state index in [-0.39, 0.29) is 16.1 Å². The van der Waals surface area contributed by atoms with Gasteiger partial charge in [-0.3, -0.25) is 0 Å². The van der Waals surface area contributed by atoms with Crippen molar-refractivity contribution in [2.45, 2.75) is 44.9 Å². The summed E-state index contributed by atoms with van der Waals surface area (Å²) in [6.07, 6.45) is -2.79. The molecule has 0 aromatic carbocycles. The van der Waals surface area contributed by atoms with Gasteiger partial charge in [-0.25, -0.2) is 4.98 Å². The molecule has 0 amide bonds. The number of rotatable bonds is 1. The normalized spacial score (nSPS) is 26.7. The van der Waals surface area contributed by atoms with E-state index < -0.39 is 17.5 Å². The minimum absolute atomic E-state index is 0.0548. The molecule has 106 valence electrons. The molecule has 1 unspecified atom stereocenters. The second-order valence-corrected chi connectivity index (χ2v) is 6.26. The Morgan fingerprint density at radius 3 is 2.32 bits per heavy atom. The zero-order valence-electron chi connectivity index (χ0n) is 10.7. The monoisotopic (exact) mass is 293 g/mol. The Labute approximate surface area is 114 Å². The molecule has 1 saturated carbocycles. The molecule has 1 atom stereocenters. The van der Waals surface area contributed by atoms with Crippen LogP contribution >= 0.6 is 11.6 Å². The third kappa shape index (κ3) is 2.87. The number of pyridine rings is 1. The van der Waals surface area contributed by atoms with Crippen LogP contribution in [0.1, 0.15) is 44.4 Å². The van der Waals surface area contributed by atoms with Gasteiger partial charge >= 0.3 is 6.18 Å². The van der Waals surface area contributed by atoms with E-state index in [4.69, 9.17) is 11.6 Å². The highest BCUT2D eigenvalue weighted by atomic mass is 35.5. The highest BCUT2D eigenvalue weighted by Gasteiger charge is 2.45. The Morgan fingerprint density at radius 2 is 1.89 bits per heavy atom. The zero-order chi connectivity index (χ0) is 14.5. The molecule has 1 fully saturated rings. The van der Waals surface area contributed by atoms with Crippen molar-refractivity contribution in [1.29, 1.82) is 0 Å². The lowest BCUT2D eigenvalue weighted by Gasteiger charge is -2.26. The lowest BCUT2D eigenvalue weighted by Crippen LogP contribution is -2.25. The summed E-state index contributed by atoms with van der Waals surface area (Å²) in [7, 11) is 0. The third-order valence-electron chi connectivity index (χ3n) is 3.63. The van der Waals surface area contributed by atoms with E-state index in [1.807, 2.05) is 13.8 Å². The summed E-state index contributed by atoms with van der Waals surface area (Å²) in [4.78, 5) is 3.36. The first-order valence-electron chi connectivity index (χ1n) is 6.00. The fraction of sp³-hybridized carbons (Fsp3) is 0.615. The van der Waals surface area contributed by atoms with Gasteiger partial charge in [0.05, 0.1) is 5.60 Å². The van der Waals surface area contributed by atoms with E-state index in [1.54, 1.807) is 0 Å². The predicted molar refractivity (Wildman–Crippen MR) is 65.8 cm³/mol. The van der Waals surface area contributed by atoms with Gasteiger partial charge in [0.25, 0.3) is 0 Å². The average Bonchev–Trinajstić information content (AvgIpc) is 2.52. The molecule has 0 spiro atoms. The molecule has 1 aromatic rings. The highest BCUT2D eigenvalue weighted by molar-refractivity contribution is 6.30. The molecule has 0 radical (unpaired) electrons. The summed E-state index contributed by atoms with van der Waals surface area (Å²) in [5, 5.41) is 10.3. The first-order valence-corrected chi connectivity index (χ1v) is 6.38. The SMILES string of the molecule is CC1(C)CCC(O)(c2ccc(C(F)(F)F)nc2Cl)C1. The number of alkyl halides is 3. The largest absolute Gasteiger partial charge is 0.433 e. The maximum absolute atomic E-state index is 12.5. The molecule has 1 aromatic heterocycles. The van der Waals surface area contributed by atoms with E-state index in [2.05, 4.69) is 4.98 Å². The maximum Gasteiger partial charge on any atom is 0.433 e. The summed E-state index contributed by atoms with van der Waals surface area (Å²) in [5.41, 5.74) is -1.99. The van der Waals surface area contributed by atoms with Gasteiger partial charge in [-0.1, -0.05) is 31.5 Å². The van der Waals surface area contributed by atoms with Crippen molar-refractivity contribution in [3.63, 3.8) is 0 Å². The fourth-order valence-corrected chi connectivity index (χ4v) is 3.01. The highest BCUT2D eigenvalue weighted by Crippen LogP contribution is 2.50. The summed E-state index contributed by atoms with van der Waals surface area (Å²) < 4.78 is 37.5. The minimum atomic E-state index is -4.53.